The molecule has 2 aromatic carbocycles. The van der Waals surface area contributed by atoms with Crippen molar-refractivity contribution in [2.24, 2.45) is 0 Å². The monoisotopic (exact) mass is 486 g/mol. The standard InChI is InChI=1S/C19H20BrClN2O4S/c20-15-4-7-18(17(21)13-15)22-19(24)8-3-14-1-5-16(6-2-14)28(25,26)23-9-11-27-12-10-23/h1-2,4-7,13H,3,8-12H2,(H,22,24). The molecule has 0 aliphatic carbocycles. The van der Waals surface area contributed by atoms with Crippen LogP contribution in [0.25, 0.3) is 0 Å². The second-order valence-corrected chi connectivity index (χ2v) is 9.59. The Hall–Kier alpha value is -1.45. The largest absolute Gasteiger partial charge is 0.379 e. The highest BCUT2D eigenvalue weighted by molar-refractivity contribution is 9.10. The van der Waals surface area contributed by atoms with Crippen molar-refractivity contribution in [3.8, 4) is 0 Å². The van der Waals surface area contributed by atoms with Crippen LogP contribution in [0.4, 0.5) is 5.69 Å². The quantitative estimate of drug-likeness (QED) is 0.674. The Labute approximate surface area is 178 Å². The van der Waals surface area contributed by atoms with Gasteiger partial charge in [-0.2, -0.15) is 4.31 Å². The molecule has 3 rings (SSSR count). The van der Waals surface area contributed by atoms with Crippen molar-refractivity contribution in [1.82, 2.24) is 4.31 Å². The molecule has 0 radical (unpaired) electrons. The lowest BCUT2D eigenvalue weighted by molar-refractivity contribution is -0.116. The number of sulfonamides is 1. The maximum absolute atomic E-state index is 12.6. The second kappa shape index (κ2) is 9.37. The van der Waals surface area contributed by atoms with Gasteiger partial charge in [-0.15, -0.1) is 0 Å². The third kappa shape index (κ3) is 5.33. The van der Waals surface area contributed by atoms with Crippen LogP contribution in [0.15, 0.2) is 51.8 Å². The molecule has 1 heterocycles. The number of anilines is 1. The number of benzene rings is 2. The molecular weight excluding hydrogens is 468 g/mol. The van der Waals surface area contributed by atoms with Gasteiger partial charge < -0.3 is 10.1 Å². The van der Waals surface area contributed by atoms with Crippen molar-refractivity contribution in [3.05, 3.63) is 57.5 Å². The molecule has 1 amide bonds. The van der Waals surface area contributed by atoms with E-state index < -0.39 is 10.0 Å². The highest BCUT2D eigenvalue weighted by Gasteiger charge is 2.26. The molecule has 0 aromatic heterocycles. The molecule has 9 heteroatoms. The number of morpholine rings is 1. The van der Waals surface area contributed by atoms with E-state index in [1.807, 2.05) is 0 Å². The van der Waals surface area contributed by atoms with Crippen molar-refractivity contribution in [1.29, 1.82) is 0 Å². The van der Waals surface area contributed by atoms with E-state index in [-0.39, 0.29) is 17.2 Å². The molecule has 1 fully saturated rings. The first-order valence-corrected chi connectivity index (χ1v) is 11.4. The molecule has 28 heavy (non-hydrogen) atoms. The number of hydrogen-bond acceptors (Lipinski definition) is 4. The molecule has 1 aliphatic heterocycles. The van der Waals surface area contributed by atoms with Crippen LogP contribution in [0, 0.1) is 0 Å². The van der Waals surface area contributed by atoms with Crippen LogP contribution in [-0.4, -0.2) is 44.9 Å². The molecule has 1 aliphatic rings. The summed E-state index contributed by atoms with van der Waals surface area (Å²) in [5.74, 6) is -0.158. The van der Waals surface area contributed by atoms with Crippen molar-refractivity contribution >= 4 is 49.1 Å². The molecule has 1 N–H and O–H groups in total. The van der Waals surface area contributed by atoms with Crippen molar-refractivity contribution in [3.63, 3.8) is 0 Å². The minimum absolute atomic E-state index is 0.158. The Kier molecular flexibility index (Phi) is 7.11. The van der Waals surface area contributed by atoms with E-state index in [0.717, 1.165) is 10.0 Å². The second-order valence-electron chi connectivity index (χ2n) is 6.33. The van der Waals surface area contributed by atoms with Crippen LogP contribution in [0.1, 0.15) is 12.0 Å². The Morgan fingerprint density at radius 2 is 1.82 bits per heavy atom. The van der Waals surface area contributed by atoms with Crippen LogP contribution >= 0.6 is 27.5 Å². The number of ether oxygens (including phenoxy) is 1. The number of halogens is 2. The van der Waals surface area contributed by atoms with E-state index in [2.05, 4.69) is 21.2 Å². The summed E-state index contributed by atoms with van der Waals surface area (Å²) in [6, 6.07) is 11.9. The lowest BCUT2D eigenvalue weighted by Crippen LogP contribution is -2.40. The fraction of sp³-hybridized carbons (Fsp3) is 0.316. The maximum atomic E-state index is 12.6. The van der Waals surface area contributed by atoms with Crippen LogP contribution in [0.2, 0.25) is 5.02 Å². The van der Waals surface area contributed by atoms with Gasteiger partial charge in [0.25, 0.3) is 0 Å². The van der Waals surface area contributed by atoms with Crippen LogP contribution in [0.5, 0.6) is 0 Å². The smallest absolute Gasteiger partial charge is 0.243 e. The zero-order chi connectivity index (χ0) is 20.1. The van der Waals surface area contributed by atoms with Gasteiger partial charge in [0.2, 0.25) is 15.9 Å². The van der Waals surface area contributed by atoms with E-state index in [4.69, 9.17) is 16.3 Å². The number of carbonyl (C=O) groups excluding carboxylic acids is 1. The number of nitrogens with one attached hydrogen (secondary N) is 1. The highest BCUT2D eigenvalue weighted by Crippen LogP contribution is 2.26. The molecule has 0 saturated carbocycles. The topological polar surface area (TPSA) is 75.7 Å². The molecule has 0 bridgehead atoms. The minimum Gasteiger partial charge on any atom is -0.379 e. The predicted octanol–water partition coefficient (Wildman–Crippen LogP) is 3.69. The molecule has 1 saturated heterocycles. The van der Waals surface area contributed by atoms with Gasteiger partial charge in [-0.3, -0.25) is 4.79 Å². The minimum atomic E-state index is -3.50. The summed E-state index contributed by atoms with van der Waals surface area (Å²) < 4.78 is 32.7. The normalized spacial score (nSPS) is 15.4. The lowest BCUT2D eigenvalue weighted by Gasteiger charge is -2.26. The van der Waals surface area contributed by atoms with Gasteiger partial charge in [-0.25, -0.2) is 8.42 Å². The number of hydrogen-bond donors (Lipinski definition) is 1. The molecular formula is C19H20BrClN2O4S. The number of amides is 1. The SMILES string of the molecule is O=C(CCc1ccc(S(=O)(=O)N2CCOCC2)cc1)Nc1ccc(Br)cc1Cl. The Morgan fingerprint density at radius 1 is 1.14 bits per heavy atom. The maximum Gasteiger partial charge on any atom is 0.243 e. The van der Waals surface area contributed by atoms with E-state index in [9.17, 15) is 13.2 Å². The van der Waals surface area contributed by atoms with Gasteiger partial charge in [0.05, 0.1) is 28.8 Å². The zero-order valence-electron chi connectivity index (χ0n) is 15.0. The summed E-state index contributed by atoms with van der Waals surface area (Å²) in [5.41, 5.74) is 1.44. The predicted molar refractivity (Wildman–Crippen MR) is 112 cm³/mol. The third-order valence-corrected chi connectivity index (χ3v) is 7.10. The molecule has 150 valence electrons. The highest BCUT2D eigenvalue weighted by atomic mass is 79.9. The summed E-state index contributed by atoms with van der Waals surface area (Å²) >= 11 is 9.42. The van der Waals surface area contributed by atoms with Crippen LogP contribution in [-0.2, 0) is 26.0 Å². The number of aryl methyl sites for hydroxylation is 1. The first kappa shape index (κ1) is 21.3. The first-order valence-electron chi connectivity index (χ1n) is 8.78. The third-order valence-electron chi connectivity index (χ3n) is 4.38. The average molecular weight is 488 g/mol. The number of carbonyl (C=O) groups is 1. The first-order chi connectivity index (χ1) is 13.4. The van der Waals surface area contributed by atoms with Gasteiger partial charge in [0, 0.05) is 24.0 Å². The van der Waals surface area contributed by atoms with Gasteiger partial charge >= 0.3 is 0 Å². The Morgan fingerprint density at radius 3 is 2.46 bits per heavy atom. The van der Waals surface area contributed by atoms with Crippen molar-refractivity contribution < 1.29 is 17.9 Å². The van der Waals surface area contributed by atoms with Crippen LogP contribution < -0.4 is 5.32 Å². The summed E-state index contributed by atoms with van der Waals surface area (Å²) in [6.07, 6.45) is 0.764. The summed E-state index contributed by atoms with van der Waals surface area (Å²) in [7, 11) is -3.50. The van der Waals surface area contributed by atoms with Gasteiger partial charge in [0.15, 0.2) is 0 Å². The summed E-state index contributed by atoms with van der Waals surface area (Å²) in [6.45, 7) is 1.55. The van der Waals surface area contributed by atoms with E-state index in [1.54, 1.807) is 42.5 Å². The Balaban J connectivity index is 1.57. The lowest BCUT2D eigenvalue weighted by atomic mass is 10.1. The van der Waals surface area contributed by atoms with Gasteiger partial charge in [0.1, 0.15) is 0 Å². The summed E-state index contributed by atoms with van der Waals surface area (Å²) in [4.78, 5) is 12.4. The average Bonchev–Trinajstić information content (AvgIpc) is 2.69. The van der Waals surface area contributed by atoms with E-state index in [1.165, 1.54) is 4.31 Å². The fourth-order valence-electron chi connectivity index (χ4n) is 2.83. The van der Waals surface area contributed by atoms with Crippen molar-refractivity contribution in [2.75, 3.05) is 31.6 Å². The number of nitrogens with zero attached hydrogens (tertiary/aromatic N) is 1. The Bertz CT molecular complexity index is 945. The molecule has 6 nitrogen and oxygen atoms in total. The molecule has 0 spiro atoms. The molecule has 0 atom stereocenters. The zero-order valence-corrected chi connectivity index (χ0v) is 18.2. The van der Waals surface area contributed by atoms with E-state index in [0.29, 0.717) is 43.4 Å². The fourth-order valence-corrected chi connectivity index (χ4v) is 4.95. The molecule has 0 unspecified atom stereocenters. The summed E-state index contributed by atoms with van der Waals surface area (Å²) in [5, 5.41) is 3.24. The number of rotatable bonds is 6. The van der Waals surface area contributed by atoms with Crippen molar-refractivity contribution in [2.45, 2.75) is 17.7 Å². The van der Waals surface area contributed by atoms with Crippen LogP contribution in [0.3, 0.4) is 0 Å². The van der Waals surface area contributed by atoms with Gasteiger partial charge in [-0.1, -0.05) is 39.7 Å². The molecule has 2 aromatic rings. The van der Waals surface area contributed by atoms with E-state index >= 15 is 0 Å². The van der Waals surface area contributed by atoms with Gasteiger partial charge in [-0.05, 0) is 42.3 Å².